The summed E-state index contributed by atoms with van der Waals surface area (Å²) >= 11 is 0. The number of carbonyl (C=O) groups is 4. The predicted octanol–water partition coefficient (Wildman–Crippen LogP) is 3.88. The summed E-state index contributed by atoms with van der Waals surface area (Å²) in [6, 6.07) is 10.5. The number of amides is 2. The van der Waals surface area contributed by atoms with Gasteiger partial charge < -0.3 is 24.2 Å². The van der Waals surface area contributed by atoms with Gasteiger partial charge in [-0.1, -0.05) is 11.6 Å². The van der Waals surface area contributed by atoms with E-state index in [2.05, 4.69) is 4.90 Å². The van der Waals surface area contributed by atoms with Crippen LogP contribution in [0.4, 0.5) is 11.4 Å². The molecule has 0 bridgehead atoms. The Bertz CT molecular complexity index is 1730. The quantitative estimate of drug-likeness (QED) is 0.305. The number of fused-ring (bicyclic) bond motifs is 3. The Kier molecular flexibility index (Phi) is 7.12. The average molecular weight is 611 g/mol. The number of hydrogen-bond donors (Lipinski definition) is 1. The second kappa shape index (κ2) is 11.0. The molecule has 4 unspecified atom stereocenters. The van der Waals surface area contributed by atoms with E-state index in [1.54, 1.807) is 25.1 Å². The van der Waals surface area contributed by atoms with Crippen molar-refractivity contribution in [1.82, 2.24) is 0 Å². The molecule has 2 fully saturated rings. The first-order chi connectivity index (χ1) is 21.7. The summed E-state index contributed by atoms with van der Waals surface area (Å²) in [5.74, 6) is -3.40. The summed E-state index contributed by atoms with van der Waals surface area (Å²) in [7, 11) is 2.92. The Morgan fingerprint density at radius 2 is 1.62 bits per heavy atom. The lowest BCUT2D eigenvalue weighted by atomic mass is 9.59. The molecule has 10 heteroatoms. The van der Waals surface area contributed by atoms with Gasteiger partial charge in [0.05, 0.1) is 45.0 Å². The van der Waals surface area contributed by atoms with Crippen LogP contribution in [0.25, 0.3) is 0 Å². The maximum atomic E-state index is 14.3. The number of imide groups is 1. The minimum Gasteiger partial charge on any atom is -0.507 e. The average Bonchev–Trinajstić information content (AvgIpc) is 3.32. The van der Waals surface area contributed by atoms with Gasteiger partial charge in [0.15, 0.2) is 11.6 Å². The van der Waals surface area contributed by atoms with Gasteiger partial charge in [0.1, 0.15) is 17.2 Å². The van der Waals surface area contributed by atoms with E-state index >= 15 is 0 Å². The molecular weight excluding hydrogens is 576 g/mol. The number of allylic oxidation sites excluding steroid dienone is 6. The van der Waals surface area contributed by atoms with Gasteiger partial charge in [-0.3, -0.25) is 24.1 Å². The topological polar surface area (TPSA) is 123 Å². The lowest BCUT2D eigenvalue weighted by molar-refractivity contribution is -0.123. The molecule has 7 rings (SSSR count). The highest BCUT2D eigenvalue weighted by atomic mass is 16.5. The first-order valence-corrected chi connectivity index (χ1v) is 15.2. The lowest BCUT2D eigenvalue weighted by Crippen LogP contribution is -2.40. The molecule has 5 aliphatic rings. The van der Waals surface area contributed by atoms with Crippen LogP contribution >= 0.6 is 0 Å². The van der Waals surface area contributed by atoms with Crippen LogP contribution in [-0.2, 0) is 23.9 Å². The number of benzene rings is 2. The van der Waals surface area contributed by atoms with Crippen molar-refractivity contribution in [2.45, 2.75) is 25.7 Å². The molecule has 0 spiro atoms. The largest absolute Gasteiger partial charge is 0.507 e. The summed E-state index contributed by atoms with van der Waals surface area (Å²) in [5, 5.41) is 11.3. The second-order valence-corrected chi connectivity index (χ2v) is 12.1. The van der Waals surface area contributed by atoms with Crippen molar-refractivity contribution < 1.29 is 38.5 Å². The van der Waals surface area contributed by atoms with Crippen LogP contribution in [-0.4, -0.2) is 69.0 Å². The predicted molar refractivity (Wildman–Crippen MR) is 165 cm³/mol. The molecule has 2 heterocycles. The fourth-order valence-corrected chi connectivity index (χ4v) is 7.77. The van der Waals surface area contributed by atoms with E-state index in [1.807, 2.05) is 18.2 Å². The minimum absolute atomic E-state index is 0.149. The van der Waals surface area contributed by atoms with Gasteiger partial charge in [0, 0.05) is 59.1 Å². The Balaban J connectivity index is 1.30. The number of hydrogen-bond acceptors (Lipinski definition) is 9. The number of rotatable bonds is 5. The molecule has 232 valence electrons. The smallest absolute Gasteiger partial charge is 0.238 e. The Morgan fingerprint density at radius 3 is 2.31 bits per heavy atom. The summed E-state index contributed by atoms with van der Waals surface area (Å²) in [4.78, 5) is 58.8. The van der Waals surface area contributed by atoms with E-state index < -0.39 is 23.7 Å². The fraction of sp³-hybridized carbons (Fsp3) is 0.371. The Morgan fingerprint density at radius 1 is 0.911 bits per heavy atom. The number of Topliss-reactive ketones (excluding diaryl/α,β-unsaturated/α-hetero) is 1. The van der Waals surface area contributed by atoms with Crippen molar-refractivity contribution in [2.75, 3.05) is 50.3 Å². The number of aromatic hydroxyl groups is 1. The molecule has 2 aromatic rings. The van der Waals surface area contributed by atoms with Crippen molar-refractivity contribution in [3.8, 4) is 17.2 Å². The Hall–Kier alpha value is -4.70. The number of morpholine rings is 1. The molecule has 3 aliphatic carbocycles. The van der Waals surface area contributed by atoms with Crippen molar-refractivity contribution in [3.63, 3.8) is 0 Å². The molecule has 2 aromatic carbocycles. The van der Waals surface area contributed by atoms with E-state index in [4.69, 9.17) is 14.2 Å². The summed E-state index contributed by atoms with van der Waals surface area (Å²) in [6.07, 6.45) is 3.69. The molecule has 0 aromatic heterocycles. The molecule has 2 saturated heterocycles. The first-order valence-electron chi connectivity index (χ1n) is 15.2. The first kappa shape index (κ1) is 29.0. The van der Waals surface area contributed by atoms with Crippen molar-refractivity contribution in [3.05, 3.63) is 76.4 Å². The maximum Gasteiger partial charge on any atom is 0.238 e. The SMILES string of the molecule is COc1cc(O)c(C2C3=CCC4C(=O)N(c5ccc(N6CCOCC6)cc5)C(=O)C4C3CC3=C2C(=O)C=C(C)C3=O)c(OC)c1. The molecule has 1 N–H and O–H groups in total. The number of carbonyl (C=O) groups excluding carboxylic acids is 4. The third-order valence-electron chi connectivity index (χ3n) is 9.88. The standard InChI is InChI=1S/C35H34N2O8/c1-18-14-26(38)30-25(33(18)40)17-24-22(31(30)32-27(39)15-21(43-2)16-28(32)44-3)8-9-23-29(24)35(42)37(34(23)41)20-6-4-19(5-7-20)36-10-12-45-13-11-36/h4-8,14-16,23-24,29,31,39H,9-13,17H2,1-3H3. The fourth-order valence-electron chi connectivity index (χ4n) is 7.77. The van der Waals surface area contributed by atoms with Gasteiger partial charge in [0.25, 0.3) is 0 Å². The van der Waals surface area contributed by atoms with Crippen molar-refractivity contribution >= 4 is 34.8 Å². The molecule has 2 amide bonds. The molecule has 0 radical (unpaired) electrons. The molecular formula is C35H34N2O8. The van der Waals surface area contributed by atoms with Crippen LogP contribution in [0.15, 0.2) is 70.8 Å². The van der Waals surface area contributed by atoms with Crippen LogP contribution < -0.4 is 19.3 Å². The van der Waals surface area contributed by atoms with E-state index in [0.717, 1.165) is 24.4 Å². The molecule has 0 saturated carbocycles. The normalized spacial score (nSPS) is 26.3. The molecule has 10 nitrogen and oxygen atoms in total. The lowest BCUT2D eigenvalue weighted by Gasteiger charge is -2.42. The Labute approximate surface area is 260 Å². The van der Waals surface area contributed by atoms with Gasteiger partial charge in [0.2, 0.25) is 11.8 Å². The van der Waals surface area contributed by atoms with Gasteiger partial charge >= 0.3 is 0 Å². The minimum atomic E-state index is -0.842. The number of ketones is 2. The molecule has 45 heavy (non-hydrogen) atoms. The summed E-state index contributed by atoms with van der Waals surface area (Å²) in [6.45, 7) is 4.43. The van der Waals surface area contributed by atoms with Crippen LogP contribution in [0.3, 0.4) is 0 Å². The zero-order chi connectivity index (χ0) is 31.6. The molecule has 4 atom stereocenters. The van der Waals surface area contributed by atoms with Gasteiger partial charge in [-0.25, -0.2) is 0 Å². The van der Waals surface area contributed by atoms with E-state index in [1.165, 1.54) is 31.3 Å². The number of phenols is 1. The maximum absolute atomic E-state index is 14.3. The number of phenolic OH excluding ortho intramolecular Hbond substituents is 1. The summed E-state index contributed by atoms with van der Waals surface area (Å²) in [5.41, 5.74) is 3.46. The van der Waals surface area contributed by atoms with Gasteiger partial charge in [-0.2, -0.15) is 0 Å². The highest BCUT2D eigenvalue weighted by Crippen LogP contribution is 2.58. The van der Waals surface area contributed by atoms with Crippen molar-refractivity contribution in [1.29, 1.82) is 0 Å². The summed E-state index contributed by atoms with van der Waals surface area (Å²) < 4.78 is 16.5. The number of anilines is 2. The second-order valence-electron chi connectivity index (χ2n) is 12.1. The number of methoxy groups -OCH3 is 2. The zero-order valence-corrected chi connectivity index (χ0v) is 25.4. The highest BCUT2D eigenvalue weighted by molar-refractivity contribution is 6.25. The highest BCUT2D eigenvalue weighted by Gasteiger charge is 2.57. The third-order valence-corrected chi connectivity index (χ3v) is 9.88. The zero-order valence-electron chi connectivity index (χ0n) is 25.4. The monoisotopic (exact) mass is 610 g/mol. The van der Waals surface area contributed by atoms with Crippen molar-refractivity contribution in [2.24, 2.45) is 17.8 Å². The number of ether oxygens (including phenoxy) is 3. The van der Waals surface area contributed by atoms with Gasteiger partial charge in [-0.05, 0) is 56.0 Å². The van der Waals surface area contributed by atoms with Gasteiger partial charge in [-0.15, -0.1) is 0 Å². The van der Waals surface area contributed by atoms with Crippen LogP contribution in [0.5, 0.6) is 17.2 Å². The van der Waals surface area contributed by atoms with Crippen LogP contribution in [0.1, 0.15) is 31.2 Å². The third kappa shape index (κ3) is 4.49. The van der Waals surface area contributed by atoms with E-state index in [0.29, 0.717) is 47.8 Å². The van der Waals surface area contributed by atoms with Crippen LogP contribution in [0, 0.1) is 17.8 Å². The van der Waals surface area contributed by atoms with Crippen LogP contribution in [0.2, 0.25) is 0 Å². The molecule has 2 aliphatic heterocycles. The van der Waals surface area contributed by atoms with E-state index in [9.17, 15) is 24.3 Å². The van der Waals surface area contributed by atoms with E-state index in [-0.39, 0.29) is 46.9 Å². The number of nitrogens with zero attached hydrogens (tertiary/aromatic N) is 2.